The molecule has 0 bridgehead atoms. The normalized spacial score (nSPS) is 10.5. The summed E-state index contributed by atoms with van der Waals surface area (Å²) in [4.78, 5) is 10.8. The molecule has 0 saturated heterocycles. The van der Waals surface area contributed by atoms with Crippen molar-refractivity contribution in [1.82, 2.24) is 0 Å². The molecule has 2 aromatic carbocycles. The molecule has 3 nitrogen and oxygen atoms in total. The fraction of sp³-hybridized carbons (Fsp3) is 0.0714. The van der Waals surface area contributed by atoms with E-state index < -0.39 is 11.8 Å². The van der Waals surface area contributed by atoms with Crippen LogP contribution in [-0.2, 0) is 0 Å². The van der Waals surface area contributed by atoms with Crippen molar-refractivity contribution >= 4 is 17.6 Å². The Morgan fingerprint density at radius 3 is 2.47 bits per heavy atom. The highest BCUT2D eigenvalue weighted by molar-refractivity contribution is 6.33. The predicted molar refractivity (Wildman–Crippen MR) is 70.2 cm³/mol. The van der Waals surface area contributed by atoms with Gasteiger partial charge in [0.25, 0.3) is 0 Å². The summed E-state index contributed by atoms with van der Waals surface area (Å²) in [5, 5.41) is 18.8. The van der Waals surface area contributed by atoms with Crippen LogP contribution in [-0.4, -0.2) is 16.2 Å². The Kier molecular flexibility index (Phi) is 3.44. The molecule has 0 saturated carbocycles. The van der Waals surface area contributed by atoms with Gasteiger partial charge in [0.2, 0.25) is 0 Å². The van der Waals surface area contributed by atoms with Crippen molar-refractivity contribution in [2.75, 3.05) is 0 Å². The van der Waals surface area contributed by atoms with Crippen molar-refractivity contribution in [1.29, 1.82) is 0 Å². The maximum atomic E-state index is 13.3. The molecule has 0 aliphatic heterocycles. The van der Waals surface area contributed by atoms with Crippen molar-refractivity contribution < 1.29 is 19.4 Å². The summed E-state index contributed by atoms with van der Waals surface area (Å²) in [6, 6.07) is 6.60. The Balaban J connectivity index is 2.59. The molecule has 0 aliphatic rings. The van der Waals surface area contributed by atoms with Crippen molar-refractivity contribution in [3.63, 3.8) is 0 Å². The lowest BCUT2D eigenvalue weighted by Gasteiger charge is -2.09. The summed E-state index contributed by atoms with van der Waals surface area (Å²) >= 11 is 5.94. The van der Waals surface area contributed by atoms with E-state index in [4.69, 9.17) is 16.7 Å². The molecular weight excluding hydrogens is 271 g/mol. The van der Waals surface area contributed by atoms with Crippen molar-refractivity contribution in [3.8, 4) is 16.9 Å². The van der Waals surface area contributed by atoms with Gasteiger partial charge in [0.1, 0.15) is 11.6 Å². The van der Waals surface area contributed by atoms with E-state index in [0.29, 0.717) is 16.7 Å². The van der Waals surface area contributed by atoms with E-state index in [1.165, 1.54) is 18.2 Å². The van der Waals surface area contributed by atoms with Gasteiger partial charge in [-0.15, -0.1) is 0 Å². The second-order valence-corrected chi connectivity index (χ2v) is 4.53. The first-order chi connectivity index (χ1) is 8.90. The molecule has 0 amide bonds. The van der Waals surface area contributed by atoms with E-state index in [0.717, 1.165) is 12.1 Å². The first-order valence-electron chi connectivity index (χ1n) is 5.42. The van der Waals surface area contributed by atoms with Gasteiger partial charge in [0, 0.05) is 11.1 Å². The average molecular weight is 281 g/mol. The fourth-order valence-electron chi connectivity index (χ4n) is 1.76. The number of carboxylic acids is 1. The number of benzene rings is 2. The van der Waals surface area contributed by atoms with Gasteiger partial charge in [0.15, 0.2) is 0 Å². The topological polar surface area (TPSA) is 57.5 Å². The molecule has 0 radical (unpaired) electrons. The monoisotopic (exact) mass is 280 g/mol. The van der Waals surface area contributed by atoms with Crippen LogP contribution in [0.2, 0.25) is 5.02 Å². The van der Waals surface area contributed by atoms with Gasteiger partial charge in [-0.05, 0) is 42.8 Å². The lowest BCUT2D eigenvalue weighted by Crippen LogP contribution is -1.96. The van der Waals surface area contributed by atoms with Gasteiger partial charge in [-0.3, -0.25) is 0 Å². The van der Waals surface area contributed by atoms with Crippen LogP contribution >= 0.6 is 11.6 Å². The minimum atomic E-state index is -1.14. The molecule has 2 N–H and O–H groups in total. The number of phenols is 1. The van der Waals surface area contributed by atoms with Gasteiger partial charge in [-0.25, -0.2) is 9.18 Å². The minimum absolute atomic E-state index is 0.0313. The number of phenolic OH excluding ortho intramolecular Hbond substituents is 1. The third kappa shape index (κ3) is 2.53. The number of aromatic carboxylic acids is 1. The van der Waals surface area contributed by atoms with Crippen LogP contribution in [0.15, 0.2) is 30.3 Å². The molecule has 0 fully saturated rings. The second kappa shape index (κ2) is 4.90. The zero-order chi connectivity index (χ0) is 14.2. The van der Waals surface area contributed by atoms with E-state index in [9.17, 15) is 14.3 Å². The molecule has 0 aromatic heterocycles. The van der Waals surface area contributed by atoms with Crippen LogP contribution in [0.25, 0.3) is 11.1 Å². The molecular formula is C14H10ClFO3. The van der Waals surface area contributed by atoms with E-state index in [1.807, 2.05) is 0 Å². The number of carbonyl (C=O) groups is 1. The summed E-state index contributed by atoms with van der Waals surface area (Å²) in [5.74, 6) is -1.79. The third-order valence-electron chi connectivity index (χ3n) is 2.78. The summed E-state index contributed by atoms with van der Waals surface area (Å²) in [7, 11) is 0. The molecule has 0 atom stereocenters. The largest absolute Gasteiger partial charge is 0.507 e. The van der Waals surface area contributed by atoms with E-state index in [2.05, 4.69) is 0 Å². The number of aryl methyl sites for hydroxylation is 1. The van der Waals surface area contributed by atoms with Gasteiger partial charge >= 0.3 is 5.97 Å². The van der Waals surface area contributed by atoms with Crippen LogP contribution in [0.1, 0.15) is 15.9 Å². The Morgan fingerprint density at radius 2 is 1.89 bits per heavy atom. The maximum Gasteiger partial charge on any atom is 0.335 e. The first-order valence-corrected chi connectivity index (χ1v) is 5.80. The molecule has 0 heterocycles. The van der Waals surface area contributed by atoms with Crippen LogP contribution in [0.5, 0.6) is 5.75 Å². The van der Waals surface area contributed by atoms with Crippen molar-refractivity contribution in [2.45, 2.75) is 6.92 Å². The standard InChI is InChI=1S/C14H10ClFO3/c1-7-4-10(11(15)6-12(7)16)9-3-2-8(14(18)19)5-13(9)17/h2-6,17H,1H3,(H,18,19). The highest BCUT2D eigenvalue weighted by Crippen LogP contribution is 2.36. The minimum Gasteiger partial charge on any atom is -0.507 e. The highest BCUT2D eigenvalue weighted by atomic mass is 35.5. The SMILES string of the molecule is Cc1cc(-c2ccc(C(=O)O)cc2O)c(Cl)cc1F. The van der Waals surface area contributed by atoms with E-state index in [-0.39, 0.29) is 16.3 Å². The van der Waals surface area contributed by atoms with Crippen LogP contribution in [0, 0.1) is 12.7 Å². The molecule has 19 heavy (non-hydrogen) atoms. The zero-order valence-corrected chi connectivity index (χ0v) is 10.7. The molecule has 5 heteroatoms. The Labute approximate surface area is 113 Å². The van der Waals surface area contributed by atoms with E-state index >= 15 is 0 Å². The van der Waals surface area contributed by atoms with Gasteiger partial charge in [0.05, 0.1) is 10.6 Å². The van der Waals surface area contributed by atoms with Gasteiger partial charge in [-0.2, -0.15) is 0 Å². The molecule has 2 rings (SSSR count). The van der Waals surface area contributed by atoms with Crippen molar-refractivity contribution in [3.05, 3.63) is 52.3 Å². The van der Waals surface area contributed by atoms with Gasteiger partial charge in [-0.1, -0.05) is 11.6 Å². The predicted octanol–water partition coefficient (Wildman–Crippen LogP) is 3.86. The quantitative estimate of drug-likeness (QED) is 0.878. The van der Waals surface area contributed by atoms with E-state index in [1.54, 1.807) is 6.92 Å². The lowest BCUT2D eigenvalue weighted by atomic mass is 10.0. The molecule has 0 spiro atoms. The lowest BCUT2D eigenvalue weighted by molar-refractivity contribution is 0.0696. The summed E-state index contributed by atoms with van der Waals surface area (Å²) in [6.07, 6.45) is 0. The summed E-state index contributed by atoms with van der Waals surface area (Å²) in [5.41, 5.74) is 1.17. The highest BCUT2D eigenvalue weighted by Gasteiger charge is 2.13. The van der Waals surface area contributed by atoms with Gasteiger partial charge < -0.3 is 10.2 Å². The number of rotatable bonds is 2. The summed E-state index contributed by atoms with van der Waals surface area (Å²) in [6.45, 7) is 1.58. The molecule has 98 valence electrons. The Morgan fingerprint density at radius 1 is 1.21 bits per heavy atom. The maximum absolute atomic E-state index is 13.3. The fourth-order valence-corrected chi connectivity index (χ4v) is 2.01. The molecule has 0 aliphatic carbocycles. The van der Waals surface area contributed by atoms with Crippen molar-refractivity contribution in [2.24, 2.45) is 0 Å². The summed E-state index contributed by atoms with van der Waals surface area (Å²) < 4.78 is 13.3. The average Bonchev–Trinajstić information content (AvgIpc) is 2.34. The number of hydrogen-bond donors (Lipinski definition) is 2. The molecule has 2 aromatic rings. The van der Waals surface area contributed by atoms with Crippen LogP contribution < -0.4 is 0 Å². The second-order valence-electron chi connectivity index (χ2n) is 4.12. The number of carboxylic acid groups (broad SMARTS) is 1. The number of halogens is 2. The smallest absolute Gasteiger partial charge is 0.335 e. The number of hydrogen-bond acceptors (Lipinski definition) is 2. The third-order valence-corrected chi connectivity index (χ3v) is 3.10. The zero-order valence-electron chi connectivity index (χ0n) is 9.95. The Bertz CT molecular complexity index is 668. The molecule has 0 unspecified atom stereocenters. The van der Waals surface area contributed by atoms with Crippen LogP contribution in [0.4, 0.5) is 4.39 Å². The van der Waals surface area contributed by atoms with Crippen LogP contribution in [0.3, 0.4) is 0 Å². The Hall–Kier alpha value is -2.07. The first kappa shape index (κ1) is 13.4. The number of aromatic hydroxyl groups is 1.